The first kappa shape index (κ1) is 14.9. The Kier molecular flexibility index (Phi) is 4.82. The van der Waals surface area contributed by atoms with Gasteiger partial charge in [-0.15, -0.1) is 4.91 Å². The van der Waals surface area contributed by atoms with Crippen LogP contribution in [0.1, 0.15) is 23.6 Å². The molecule has 0 atom stereocenters. The molecule has 0 saturated heterocycles. The molecule has 0 unspecified atom stereocenters. The minimum absolute atomic E-state index is 0.162. The summed E-state index contributed by atoms with van der Waals surface area (Å²) in [4.78, 5) is 10.9. The van der Waals surface area contributed by atoms with Gasteiger partial charge in [-0.05, 0) is 35.4 Å². The SMILES string of the molecule is C=C(F)c1ccccc1OCc1c(CC)cccc1N=O. The van der Waals surface area contributed by atoms with Gasteiger partial charge in [0.05, 0.1) is 5.56 Å². The molecule has 0 saturated carbocycles. The fraction of sp³-hybridized carbons (Fsp3) is 0.176. The Bertz CT molecular complexity index is 668. The van der Waals surface area contributed by atoms with Crippen molar-refractivity contribution in [2.45, 2.75) is 20.0 Å². The normalized spacial score (nSPS) is 10.2. The van der Waals surface area contributed by atoms with Crippen molar-refractivity contribution in [3.05, 3.63) is 70.6 Å². The molecule has 2 aromatic rings. The summed E-state index contributed by atoms with van der Waals surface area (Å²) in [5.41, 5.74) is 2.39. The maximum atomic E-state index is 13.4. The second-order valence-corrected chi connectivity index (χ2v) is 4.55. The molecule has 3 nitrogen and oxygen atoms in total. The van der Waals surface area contributed by atoms with E-state index in [1.54, 1.807) is 36.4 Å². The molecule has 0 bridgehead atoms. The number of rotatable bonds is 6. The number of hydrogen-bond donors (Lipinski definition) is 0. The lowest BCUT2D eigenvalue weighted by Gasteiger charge is -2.13. The number of para-hydroxylation sites is 1. The molecule has 21 heavy (non-hydrogen) atoms. The molecule has 0 aliphatic carbocycles. The lowest BCUT2D eigenvalue weighted by molar-refractivity contribution is 0.304. The molecule has 0 aromatic heterocycles. The standard InChI is InChI=1S/C17H16FNO2/c1-3-13-7-6-9-16(19-20)15(13)11-21-17-10-5-4-8-14(17)12(2)18/h4-10H,2-3,11H2,1H3. The van der Waals surface area contributed by atoms with Crippen LogP contribution in [0.25, 0.3) is 5.83 Å². The van der Waals surface area contributed by atoms with E-state index in [1.165, 1.54) is 0 Å². The molecule has 108 valence electrons. The molecular formula is C17H16FNO2. The van der Waals surface area contributed by atoms with Gasteiger partial charge in [0.25, 0.3) is 0 Å². The summed E-state index contributed by atoms with van der Waals surface area (Å²) in [6.07, 6.45) is 0.763. The van der Waals surface area contributed by atoms with E-state index in [4.69, 9.17) is 4.74 Å². The molecule has 0 radical (unpaired) electrons. The highest BCUT2D eigenvalue weighted by atomic mass is 19.1. The highest BCUT2D eigenvalue weighted by Gasteiger charge is 2.11. The van der Waals surface area contributed by atoms with Gasteiger partial charge in [-0.3, -0.25) is 0 Å². The van der Waals surface area contributed by atoms with Crippen molar-refractivity contribution in [3.63, 3.8) is 0 Å². The van der Waals surface area contributed by atoms with Gasteiger partial charge in [-0.2, -0.15) is 0 Å². The predicted molar refractivity (Wildman–Crippen MR) is 82.2 cm³/mol. The van der Waals surface area contributed by atoms with Crippen LogP contribution in [-0.2, 0) is 13.0 Å². The number of nitroso groups, excluding NO2 is 1. The highest BCUT2D eigenvalue weighted by Crippen LogP contribution is 2.29. The minimum Gasteiger partial charge on any atom is -0.488 e. The van der Waals surface area contributed by atoms with Gasteiger partial charge in [-0.25, -0.2) is 4.39 Å². The Morgan fingerprint density at radius 3 is 2.67 bits per heavy atom. The largest absolute Gasteiger partial charge is 0.488 e. The summed E-state index contributed by atoms with van der Waals surface area (Å²) in [6, 6.07) is 12.1. The molecule has 0 N–H and O–H groups in total. The minimum atomic E-state index is -0.553. The molecule has 0 aliphatic heterocycles. The molecule has 0 spiro atoms. The van der Waals surface area contributed by atoms with Gasteiger partial charge in [0.15, 0.2) is 0 Å². The smallest absolute Gasteiger partial charge is 0.129 e. The number of nitrogens with zero attached hydrogens (tertiary/aromatic N) is 1. The van der Waals surface area contributed by atoms with E-state index in [2.05, 4.69) is 11.8 Å². The molecule has 2 aromatic carbocycles. The summed E-state index contributed by atoms with van der Waals surface area (Å²) >= 11 is 0. The Labute approximate surface area is 123 Å². The average molecular weight is 285 g/mol. The van der Waals surface area contributed by atoms with Crippen molar-refractivity contribution < 1.29 is 9.13 Å². The monoisotopic (exact) mass is 285 g/mol. The summed E-state index contributed by atoms with van der Waals surface area (Å²) in [6.45, 7) is 5.45. The van der Waals surface area contributed by atoms with Crippen LogP contribution in [0.3, 0.4) is 0 Å². The van der Waals surface area contributed by atoms with Crippen molar-refractivity contribution >= 4 is 11.5 Å². The zero-order valence-corrected chi connectivity index (χ0v) is 11.8. The first-order valence-corrected chi connectivity index (χ1v) is 6.68. The van der Waals surface area contributed by atoms with Gasteiger partial charge in [-0.1, -0.05) is 37.8 Å². The molecule has 0 fully saturated rings. The summed E-state index contributed by atoms with van der Waals surface area (Å²) in [5, 5.41) is 3.03. The van der Waals surface area contributed by atoms with Crippen molar-refractivity contribution in [1.29, 1.82) is 0 Å². The Balaban J connectivity index is 2.29. The van der Waals surface area contributed by atoms with E-state index in [9.17, 15) is 9.30 Å². The number of benzene rings is 2. The van der Waals surface area contributed by atoms with Gasteiger partial charge >= 0.3 is 0 Å². The topological polar surface area (TPSA) is 38.7 Å². The quantitative estimate of drug-likeness (QED) is 0.687. The maximum absolute atomic E-state index is 13.4. The van der Waals surface area contributed by atoms with E-state index < -0.39 is 5.83 Å². The van der Waals surface area contributed by atoms with Crippen LogP contribution >= 0.6 is 0 Å². The van der Waals surface area contributed by atoms with Gasteiger partial charge in [0.1, 0.15) is 23.9 Å². The molecule has 0 amide bonds. The molecular weight excluding hydrogens is 269 g/mol. The van der Waals surface area contributed by atoms with Gasteiger partial charge in [0.2, 0.25) is 0 Å². The fourth-order valence-corrected chi connectivity index (χ4v) is 2.17. The van der Waals surface area contributed by atoms with E-state index in [-0.39, 0.29) is 6.61 Å². The molecule has 4 heteroatoms. The second kappa shape index (κ2) is 6.79. The van der Waals surface area contributed by atoms with Gasteiger partial charge < -0.3 is 4.74 Å². The zero-order valence-electron chi connectivity index (χ0n) is 11.8. The second-order valence-electron chi connectivity index (χ2n) is 4.55. The van der Waals surface area contributed by atoms with E-state index in [1.807, 2.05) is 13.0 Å². The Morgan fingerprint density at radius 1 is 1.24 bits per heavy atom. The Hall–Kier alpha value is -2.49. The number of ether oxygens (including phenoxy) is 1. The van der Waals surface area contributed by atoms with Crippen molar-refractivity contribution in [2.24, 2.45) is 5.18 Å². The lowest BCUT2D eigenvalue weighted by Crippen LogP contribution is -2.01. The first-order chi connectivity index (χ1) is 10.2. The first-order valence-electron chi connectivity index (χ1n) is 6.68. The van der Waals surface area contributed by atoms with Crippen LogP contribution in [0.2, 0.25) is 0 Å². The van der Waals surface area contributed by atoms with Gasteiger partial charge in [0, 0.05) is 5.56 Å². The summed E-state index contributed by atoms with van der Waals surface area (Å²) < 4.78 is 19.0. The van der Waals surface area contributed by atoms with E-state index >= 15 is 0 Å². The van der Waals surface area contributed by atoms with E-state index in [0.29, 0.717) is 17.0 Å². The lowest BCUT2D eigenvalue weighted by atomic mass is 10.0. The van der Waals surface area contributed by atoms with Crippen molar-refractivity contribution in [1.82, 2.24) is 0 Å². The fourth-order valence-electron chi connectivity index (χ4n) is 2.17. The van der Waals surface area contributed by atoms with Crippen molar-refractivity contribution in [3.8, 4) is 5.75 Å². The van der Waals surface area contributed by atoms with Crippen LogP contribution in [0.15, 0.2) is 54.2 Å². The van der Waals surface area contributed by atoms with Crippen LogP contribution in [-0.4, -0.2) is 0 Å². The number of halogens is 1. The molecule has 2 rings (SSSR count). The average Bonchev–Trinajstić information content (AvgIpc) is 2.52. The van der Waals surface area contributed by atoms with Crippen molar-refractivity contribution in [2.75, 3.05) is 0 Å². The zero-order chi connectivity index (χ0) is 15.2. The van der Waals surface area contributed by atoms with Crippen LogP contribution < -0.4 is 4.74 Å². The molecule has 0 aliphatic rings. The summed E-state index contributed by atoms with van der Waals surface area (Å²) in [7, 11) is 0. The predicted octanol–water partition coefficient (Wildman–Crippen LogP) is 5.17. The van der Waals surface area contributed by atoms with Crippen LogP contribution in [0.5, 0.6) is 5.75 Å². The number of aryl methyl sites for hydroxylation is 1. The van der Waals surface area contributed by atoms with E-state index in [0.717, 1.165) is 17.5 Å². The maximum Gasteiger partial charge on any atom is 0.129 e. The van der Waals surface area contributed by atoms with Crippen LogP contribution in [0, 0.1) is 4.91 Å². The van der Waals surface area contributed by atoms with Crippen LogP contribution in [0.4, 0.5) is 10.1 Å². The Morgan fingerprint density at radius 2 is 2.00 bits per heavy atom. The summed E-state index contributed by atoms with van der Waals surface area (Å²) in [5.74, 6) is -0.157. The third kappa shape index (κ3) is 3.34. The highest BCUT2D eigenvalue weighted by molar-refractivity contribution is 5.63. The third-order valence-electron chi connectivity index (χ3n) is 3.28. The number of hydrogen-bond acceptors (Lipinski definition) is 3. The third-order valence-corrected chi connectivity index (χ3v) is 3.28. The molecule has 0 heterocycles.